The topological polar surface area (TPSA) is 105 Å². The Kier molecular flexibility index (Phi) is 5.79. The highest BCUT2D eigenvalue weighted by Crippen LogP contribution is 2.35. The van der Waals surface area contributed by atoms with Gasteiger partial charge in [0.05, 0.1) is 10.5 Å². The molecule has 1 saturated heterocycles. The number of hydrogen-bond donors (Lipinski definition) is 2. The summed E-state index contributed by atoms with van der Waals surface area (Å²) < 4.78 is 37.2. The molecule has 0 atom stereocenters. The van der Waals surface area contributed by atoms with Crippen molar-refractivity contribution in [2.75, 3.05) is 24.7 Å². The van der Waals surface area contributed by atoms with Crippen molar-refractivity contribution in [3.8, 4) is 0 Å². The van der Waals surface area contributed by atoms with Crippen LogP contribution in [0.1, 0.15) is 28.8 Å². The number of amides is 1. The number of aliphatic imine (C=N–C) groups is 1. The van der Waals surface area contributed by atoms with Crippen LogP contribution >= 0.6 is 12.4 Å². The van der Waals surface area contributed by atoms with Gasteiger partial charge in [0.2, 0.25) is 0 Å². The van der Waals surface area contributed by atoms with Crippen molar-refractivity contribution >= 4 is 39.7 Å². The van der Waals surface area contributed by atoms with Gasteiger partial charge in [-0.3, -0.25) is 4.79 Å². The maximum atomic E-state index is 14.0. The third-order valence-electron chi connectivity index (χ3n) is 5.38. The average Bonchev–Trinajstić information content (AvgIpc) is 2.67. The molecule has 10 heteroatoms. The molecule has 7 nitrogen and oxygen atoms in total. The minimum Gasteiger partial charge on any atom is -0.383 e. The van der Waals surface area contributed by atoms with Crippen molar-refractivity contribution in [3.05, 3.63) is 59.4 Å². The predicted molar refractivity (Wildman–Crippen MR) is 115 cm³/mol. The number of piperidine rings is 1. The number of hydrogen-bond acceptors (Lipinski definition) is 6. The molecule has 3 N–H and O–H groups in total. The van der Waals surface area contributed by atoms with Crippen LogP contribution in [0.25, 0.3) is 0 Å². The summed E-state index contributed by atoms with van der Waals surface area (Å²) in [5.41, 5.74) is 6.68. The Bertz CT molecular complexity index is 1110. The first-order valence-corrected chi connectivity index (χ1v) is 11.1. The number of sulfone groups is 1. The second kappa shape index (κ2) is 7.88. The molecule has 0 bridgehead atoms. The Morgan fingerprint density at radius 3 is 2.40 bits per heavy atom. The van der Waals surface area contributed by atoms with Crippen LogP contribution in [0.15, 0.2) is 52.4 Å². The van der Waals surface area contributed by atoms with Crippen LogP contribution in [0.3, 0.4) is 0 Å². The van der Waals surface area contributed by atoms with Gasteiger partial charge in [0, 0.05) is 43.4 Å². The zero-order chi connectivity index (χ0) is 20.8. The fraction of sp³-hybridized carbons (Fsp3) is 0.300. The Morgan fingerprint density at radius 1 is 1.17 bits per heavy atom. The molecule has 160 valence electrons. The van der Waals surface area contributed by atoms with Crippen LogP contribution in [0.5, 0.6) is 0 Å². The summed E-state index contributed by atoms with van der Waals surface area (Å²) in [7, 11) is -3.31. The van der Waals surface area contributed by atoms with E-state index in [9.17, 15) is 17.6 Å². The zero-order valence-electron chi connectivity index (χ0n) is 16.3. The Balaban J connectivity index is 0.00000256. The normalized spacial score (nSPS) is 17.4. The Morgan fingerprint density at radius 2 is 1.80 bits per heavy atom. The van der Waals surface area contributed by atoms with Gasteiger partial charge in [-0.15, -0.1) is 12.4 Å². The number of nitrogens with two attached hydrogens (primary N) is 1. The van der Waals surface area contributed by atoms with Crippen LogP contribution < -0.4 is 11.1 Å². The second-order valence-corrected chi connectivity index (χ2v) is 9.42. The molecule has 4 rings (SSSR count). The van der Waals surface area contributed by atoms with Gasteiger partial charge in [-0.25, -0.2) is 17.8 Å². The largest absolute Gasteiger partial charge is 0.383 e. The number of carbonyl (C=O) groups is 1. The van der Waals surface area contributed by atoms with Gasteiger partial charge in [0.25, 0.3) is 5.91 Å². The van der Waals surface area contributed by atoms with Crippen LogP contribution in [-0.2, 0) is 9.84 Å². The molecule has 1 fully saturated rings. The van der Waals surface area contributed by atoms with Crippen LogP contribution in [-0.4, -0.2) is 50.1 Å². The lowest BCUT2D eigenvalue weighted by Crippen LogP contribution is -2.52. The molecule has 2 aromatic rings. The van der Waals surface area contributed by atoms with Crippen molar-refractivity contribution in [1.29, 1.82) is 0 Å². The molecule has 2 aliphatic heterocycles. The number of nitrogens with zero attached hydrogens (tertiary/aromatic N) is 2. The van der Waals surface area contributed by atoms with Gasteiger partial charge >= 0.3 is 0 Å². The summed E-state index contributed by atoms with van der Waals surface area (Å²) in [6.45, 7) is 0.891. The fourth-order valence-electron chi connectivity index (χ4n) is 3.80. The molecule has 1 amide bonds. The van der Waals surface area contributed by atoms with Gasteiger partial charge in [-0.1, -0.05) is 6.07 Å². The highest BCUT2D eigenvalue weighted by molar-refractivity contribution is 7.90. The summed E-state index contributed by atoms with van der Waals surface area (Å²) >= 11 is 0. The number of amidine groups is 1. The average molecular weight is 453 g/mol. The molecular weight excluding hydrogens is 431 g/mol. The first kappa shape index (κ1) is 22.0. The maximum absolute atomic E-state index is 14.0. The number of anilines is 1. The molecule has 0 aromatic heterocycles. The lowest BCUT2D eigenvalue weighted by molar-refractivity contribution is 0.0685. The SMILES string of the molecule is CS(=O)(=O)c1ccc(C(=O)N2CCC3(CC2)N=C(N)c2c(F)cccc2N3)cc1.Cl. The van der Waals surface area contributed by atoms with Crippen molar-refractivity contribution < 1.29 is 17.6 Å². The molecule has 30 heavy (non-hydrogen) atoms. The third-order valence-corrected chi connectivity index (χ3v) is 6.51. The van der Waals surface area contributed by atoms with E-state index in [2.05, 4.69) is 10.3 Å². The van der Waals surface area contributed by atoms with E-state index in [4.69, 9.17) is 5.73 Å². The van der Waals surface area contributed by atoms with Crippen molar-refractivity contribution in [2.24, 2.45) is 10.7 Å². The summed E-state index contributed by atoms with van der Waals surface area (Å²) in [6, 6.07) is 10.7. The van der Waals surface area contributed by atoms with E-state index in [1.165, 1.54) is 30.3 Å². The first-order valence-electron chi connectivity index (χ1n) is 9.20. The van der Waals surface area contributed by atoms with E-state index in [1.54, 1.807) is 17.0 Å². The van der Waals surface area contributed by atoms with Gasteiger partial charge in [-0.05, 0) is 36.4 Å². The minimum absolute atomic E-state index is 0. The lowest BCUT2D eigenvalue weighted by atomic mass is 9.93. The number of likely N-dealkylation sites (tertiary alicyclic amines) is 1. The number of nitrogens with one attached hydrogen (secondary N) is 1. The van der Waals surface area contributed by atoms with Gasteiger partial charge in [0.15, 0.2) is 9.84 Å². The second-order valence-electron chi connectivity index (χ2n) is 7.40. The molecule has 2 aliphatic rings. The number of carbonyl (C=O) groups excluding carboxylic acids is 1. The molecule has 2 aromatic carbocycles. The van der Waals surface area contributed by atoms with Crippen LogP contribution in [0.4, 0.5) is 10.1 Å². The fourth-order valence-corrected chi connectivity index (χ4v) is 4.43. The molecule has 1 spiro atoms. The molecule has 0 unspecified atom stereocenters. The smallest absolute Gasteiger partial charge is 0.253 e. The number of fused-ring (bicyclic) bond motifs is 1. The van der Waals surface area contributed by atoms with Gasteiger partial charge in [0.1, 0.15) is 17.3 Å². The molecular formula is C20H22ClFN4O3S. The van der Waals surface area contributed by atoms with Crippen molar-refractivity contribution in [2.45, 2.75) is 23.4 Å². The molecule has 2 heterocycles. The van der Waals surface area contributed by atoms with E-state index >= 15 is 0 Å². The highest BCUT2D eigenvalue weighted by Gasteiger charge is 2.39. The van der Waals surface area contributed by atoms with E-state index in [0.29, 0.717) is 37.2 Å². The van der Waals surface area contributed by atoms with E-state index in [0.717, 1.165) is 6.26 Å². The summed E-state index contributed by atoms with van der Waals surface area (Å²) in [5, 5.41) is 3.29. The number of halogens is 2. The summed E-state index contributed by atoms with van der Waals surface area (Å²) in [5.74, 6) is -0.427. The van der Waals surface area contributed by atoms with Crippen molar-refractivity contribution in [3.63, 3.8) is 0 Å². The maximum Gasteiger partial charge on any atom is 0.253 e. The standard InChI is InChI=1S/C20H21FN4O3S.ClH/c1-29(27,28)14-7-5-13(6-8-14)19(26)25-11-9-20(10-12-25)23-16-4-2-3-15(21)17(16)18(22)24-20;/h2-8,23H,9-12H2,1H3,(H2,22,24);1H. The molecule has 0 saturated carbocycles. The monoisotopic (exact) mass is 452 g/mol. The Labute approximate surface area is 180 Å². The summed E-state index contributed by atoms with van der Waals surface area (Å²) in [6.07, 6.45) is 2.18. The van der Waals surface area contributed by atoms with Gasteiger partial charge in [-0.2, -0.15) is 0 Å². The predicted octanol–water partition coefficient (Wildman–Crippen LogP) is 2.41. The summed E-state index contributed by atoms with van der Waals surface area (Å²) in [4.78, 5) is 19.2. The zero-order valence-corrected chi connectivity index (χ0v) is 17.9. The number of rotatable bonds is 2. The molecule has 0 radical (unpaired) electrons. The number of benzene rings is 2. The van der Waals surface area contributed by atoms with E-state index < -0.39 is 21.3 Å². The lowest BCUT2D eigenvalue weighted by Gasteiger charge is -2.42. The Hall–Kier alpha value is -2.65. The highest BCUT2D eigenvalue weighted by atomic mass is 35.5. The van der Waals surface area contributed by atoms with Crippen LogP contribution in [0, 0.1) is 5.82 Å². The quantitative estimate of drug-likeness (QED) is 0.728. The van der Waals surface area contributed by atoms with E-state index in [-0.39, 0.29) is 34.6 Å². The first-order chi connectivity index (χ1) is 13.7. The van der Waals surface area contributed by atoms with Crippen LogP contribution in [0.2, 0.25) is 0 Å². The van der Waals surface area contributed by atoms with Gasteiger partial charge < -0.3 is 16.0 Å². The van der Waals surface area contributed by atoms with Crippen molar-refractivity contribution in [1.82, 2.24) is 4.90 Å². The molecule has 0 aliphatic carbocycles. The minimum atomic E-state index is -3.31. The third kappa shape index (κ3) is 3.99. The van der Waals surface area contributed by atoms with E-state index in [1.807, 2.05) is 0 Å².